The van der Waals surface area contributed by atoms with Gasteiger partial charge in [-0.15, -0.1) is 0 Å². The quantitative estimate of drug-likeness (QED) is 0.451. The van der Waals surface area contributed by atoms with E-state index in [4.69, 9.17) is 4.74 Å². The standard InChI is InChI=1S/C8H12O3/c1-5(10-2)6-4-7(6)8(9)11-3/h6-7H,1,4H2,2-3H3. The minimum absolute atomic E-state index is 0.00699. The number of carbonyl (C=O) groups is 1. The summed E-state index contributed by atoms with van der Waals surface area (Å²) in [5.41, 5.74) is 0. The van der Waals surface area contributed by atoms with Crippen molar-refractivity contribution in [2.75, 3.05) is 14.2 Å². The lowest BCUT2D eigenvalue weighted by Gasteiger charge is -2.01. The third kappa shape index (κ3) is 1.53. The fraction of sp³-hybridized carbons (Fsp3) is 0.625. The molecular weight excluding hydrogens is 144 g/mol. The van der Waals surface area contributed by atoms with Gasteiger partial charge in [0.1, 0.15) is 0 Å². The number of methoxy groups -OCH3 is 2. The molecule has 1 saturated carbocycles. The fourth-order valence-electron chi connectivity index (χ4n) is 1.11. The van der Waals surface area contributed by atoms with E-state index in [1.54, 1.807) is 7.11 Å². The third-order valence-corrected chi connectivity index (χ3v) is 1.97. The van der Waals surface area contributed by atoms with Gasteiger partial charge in [-0.2, -0.15) is 0 Å². The maximum absolute atomic E-state index is 10.9. The van der Waals surface area contributed by atoms with E-state index in [9.17, 15) is 4.79 Å². The highest BCUT2D eigenvalue weighted by atomic mass is 16.5. The van der Waals surface area contributed by atoms with Crippen LogP contribution in [0.3, 0.4) is 0 Å². The van der Waals surface area contributed by atoms with Crippen LogP contribution < -0.4 is 0 Å². The zero-order valence-corrected chi connectivity index (χ0v) is 6.79. The van der Waals surface area contributed by atoms with Crippen molar-refractivity contribution >= 4 is 5.97 Å². The summed E-state index contributed by atoms with van der Waals surface area (Å²) in [6, 6.07) is 0. The maximum atomic E-state index is 10.9. The number of carbonyl (C=O) groups excluding carboxylic acids is 1. The molecule has 0 amide bonds. The maximum Gasteiger partial charge on any atom is 0.309 e. The highest BCUT2D eigenvalue weighted by molar-refractivity contribution is 5.76. The lowest BCUT2D eigenvalue weighted by Crippen LogP contribution is -2.05. The average molecular weight is 156 g/mol. The average Bonchev–Trinajstić information content (AvgIpc) is 2.80. The van der Waals surface area contributed by atoms with E-state index < -0.39 is 0 Å². The molecule has 0 bridgehead atoms. The number of ether oxygens (including phenoxy) is 2. The molecule has 3 heteroatoms. The monoisotopic (exact) mass is 156 g/mol. The summed E-state index contributed by atoms with van der Waals surface area (Å²) in [6.07, 6.45) is 0.819. The molecule has 2 atom stereocenters. The van der Waals surface area contributed by atoms with Crippen LogP contribution in [0, 0.1) is 11.8 Å². The van der Waals surface area contributed by atoms with Crippen LogP contribution in [0.2, 0.25) is 0 Å². The van der Waals surface area contributed by atoms with Crippen molar-refractivity contribution in [1.82, 2.24) is 0 Å². The fourth-order valence-corrected chi connectivity index (χ4v) is 1.11. The summed E-state index contributed by atoms with van der Waals surface area (Å²) in [7, 11) is 2.96. The number of esters is 1. The van der Waals surface area contributed by atoms with Gasteiger partial charge in [0.25, 0.3) is 0 Å². The van der Waals surface area contributed by atoms with Crippen LogP contribution in [0.4, 0.5) is 0 Å². The van der Waals surface area contributed by atoms with E-state index in [0.29, 0.717) is 5.76 Å². The molecule has 0 N–H and O–H groups in total. The van der Waals surface area contributed by atoms with Gasteiger partial charge in [0.05, 0.1) is 25.9 Å². The van der Waals surface area contributed by atoms with Gasteiger partial charge in [0.2, 0.25) is 0 Å². The molecule has 0 spiro atoms. The summed E-state index contributed by atoms with van der Waals surface area (Å²) >= 11 is 0. The van der Waals surface area contributed by atoms with Gasteiger partial charge in [-0.05, 0) is 6.42 Å². The highest BCUT2D eigenvalue weighted by Crippen LogP contribution is 2.44. The lowest BCUT2D eigenvalue weighted by molar-refractivity contribution is -0.142. The first-order chi connectivity index (χ1) is 5.20. The molecular formula is C8H12O3. The molecule has 0 radical (unpaired) electrons. The minimum Gasteiger partial charge on any atom is -0.501 e. The van der Waals surface area contributed by atoms with Gasteiger partial charge in [-0.3, -0.25) is 4.79 Å². The second kappa shape index (κ2) is 2.95. The van der Waals surface area contributed by atoms with Crippen LogP contribution in [0.5, 0.6) is 0 Å². The molecule has 11 heavy (non-hydrogen) atoms. The molecule has 0 heterocycles. The molecule has 0 aromatic heterocycles. The molecule has 0 aromatic rings. The van der Waals surface area contributed by atoms with Crippen molar-refractivity contribution in [2.24, 2.45) is 11.8 Å². The van der Waals surface area contributed by atoms with Crippen molar-refractivity contribution in [1.29, 1.82) is 0 Å². The van der Waals surface area contributed by atoms with Crippen LogP contribution in [0.25, 0.3) is 0 Å². The number of hydrogen-bond donors (Lipinski definition) is 0. The van der Waals surface area contributed by atoms with Crippen molar-refractivity contribution in [3.8, 4) is 0 Å². The van der Waals surface area contributed by atoms with E-state index in [-0.39, 0.29) is 17.8 Å². The summed E-state index contributed by atoms with van der Waals surface area (Å²) in [4.78, 5) is 10.9. The topological polar surface area (TPSA) is 35.5 Å². The van der Waals surface area contributed by atoms with E-state index in [1.807, 2.05) is 0 Å². The Morgan fingerprint density at radius 3 is 2.45 bits per heavy atom. The Kier molecular flexibility index (Phi) is 2.17. The Hall–Kier alpha value is -0.990. The van der Waals surface area contributed by atoms with Gasteiger partial charge in [0, 0.05) is 5.92 Å². The predicted molar refractivity (Wildman–Crippen MR) is 39.8 cm³/mol. The second-order valence-corrected chi connectivity index (χ2v) is 2.64. The SMILES string of the molecule is C=C(OC)C1CC1C(=O)OC. The van der Waals surface area contributed by atoms with Crippen LogP contribution in [0.15, 0.2) is 12.3 Å². The van der Waals surface area contributed by atoms with Crippen LogP contribution in [-0.4, -0.2) is 20.2 Å². The van der Waals surface area contributed by atoms with E-state index in [1.165, 1.54) is 7.11 Å². The molecule has 2 unspecified atom stereocenters. The molecule has 1 aliphatic carbocycles. The van der Waals surface area contributed by atoms with Gasteiger partial charge >= 0.3 is 5.97 Å². The largest absolute Gasteiger partial charge is 0.501 e. The number of rotatable bonds is 3. The molecule has 1 fully saturated rings. The molecule has 3 nitrogen and oxygen atoms in total. The summed E-state index contributed by atoms with van der Waals surface area (Å²) in [5.74, 6) is 0.702. The van der Waals surface area contributed by atoms with Gasteiger partial charge < -0.3 is 9.47 Å². The van der Waals surface area contributed by atoms with E-state index in [0.717, 1.165) is 6.42 Å². The van der Waals surface area contributed by atoms with Crippen molar-refractivity contribution < 1.29 is 14.3 Å². The van der Waals surface area contributed by atoms with Crippen LogP contribution >= 0.6 is 0 Å². The van der Waals surface area contributed by atoms with Gasteiger partial charge in [-0.25, -0.2) is 0 Å². The first kappa shape index (κ1) is 8.11. The number of hydrogen-bond acceptors (Lipinski definition) is 3. The molecule has 1 rings (SSSR count). The van der Waals surface area contributed by atoms with Crippen molar-refractivity contribution in [3.05, 3.63) is 12.3 Å². The molecule has 0 saturated heterocycles. The lowest BCUT2D eigenvalue weighted by atomic mass is 10.3. The van der Waals surface area contributed by atoms with Gasteiger partial charge in [0.15, 0.2) is 0 Å². The normalized spacial score (nSPS) is 27.5. The molecule has 0 aliphatic heterocycles. The highest BCUT2D eigenvalue weighted by Gasteiger charge is 2.46. The molecule has 1 aliphatic rings. The summed E-state index contributed by atoms with van der Waals surface area (Å²) in [6.45, 7) is 3.67. The Morgan fingerprint density at radius 2 is 2.00 bits per heavy atom. The first-order valence-corrected chi connectivity index (χ1v) is 3.51. The second-order valence-electron chi connectivity index (χ2n) is 2.64. The Morgan fingerprint density at radius 1 is 1.36 bits per heavy atom. The first-order valence-electron chi connectivity index (χ1n) is 3.51. The summed E-state index contributed by atoms with van der Waals surface area (Å²) < 4.78 is 9.46. The Bertz CT molecular complexity index is 166. The van der Waals surface area contributed by atoms with Crippen LogP contribution in [-0.2, 0) is 14.3 Å². The summed E-state index contributed by atoms with van der Waals surface area (Å²) in [5, 5.41) is 0. The molecule has 0 aromatic carbocycles. The van der Waals surface area contributed by atoms with Crippen molar-refractivity contribution in [3.63, 3.8) is 0 Å². The third-order valence-electron chi connectivity index (χ3n) is 1.97. The zero-order valence-electron chi connectivity index (χ0n) is 6.79. The molecule has 62 valence electrons. The smallest absolute Gasteiger partial charge is 0.309 e. The zero-order chi connectivity index (χ0) is 8.43. The van der Waals surface area contributed by atoms with Gasteiger partial charge in [-0.1, -0.05) is 6.58 Å². The van der Waals surface area contributed by atoms with E-state index >= 15 is 0 Å². The van der Waals surface area contributed by atoms with Crippen molar-refractivity contribution in [2.45, 2.75) is 6.42 Å². The Labute approximate surface area is 66.0 Å². The Balaban J connectivity index is 2.37. The minimum atomic E-state index is -0.159. The van der Waals surface area contributed by atoms with E-state index in [2.05, 4.69) is 11.3 Å². The van der Waals surface area contributed by atoms with Crippen LogP contribution in [0.1, 0.15) is 6.42 Å². The predicted octanol–water partition coefficient (Wildman–Crippen LogP) is 0.956. The number of allylic oxidation sites excluding steroid dienone is 1.